The number of rotatable bonds is 5. The van der Waals surface area contributed by atoms with Crippen LogP contribution in [-0.2, 0) is 4.79 Å². The van der Waals surface area contributed by atoms with Gasteiger partial charge < -0.3 is 9.84 Å². The lowest BCUT2D eigenvalue weighted by atomic mass is 10.1. The Hall–Kier alpha value is -1.59. The van der Waals surface area contributed by atoms with Gasteiger partial charge in [-0.15, -0.1) is 0 Å². The van der Waals surface area contributed by atoms with Crippen molar-refractivity contribution in [2.45, 2.75) is 25.9 Å². The summed E-state index contributed by atoms with van der Waals surface area (Å²) >= 11 is 0. The van der Waals surface area contributed by atoms with Crippen molar-refractivity contribution in [3.8, 4) is 5.75 Å². The zero-order valence-corrected chi connectivity index (χ0v) is 13.0. The van der Waals surface area contributed by atoms with Gasteiger partial charge in [0.25, 0.3) is 0 Å². The van der Waals surface area contributed by atoms with Crippen LogP contribution >= 0.6 is 0 Å². The van der Waals surface area contributed by atoms with Gasteiger partial charge in [-0.05, 0) is 31.5 Å². The number of ether oxygens (including phenoxy) is 1. The van der Waals surface area contributed by atoms with E-state index in [1.165, 1.54) is 5.56 Å². The van der Waals surface area contributed by atoms with Crippen LogP contribution in [0.5, 0.6) is 5.75 Å². The fourth-order valence-corrected chi connectivity index (χ4v) is 2.76. The van der Waals surface area contributed by atoms with Crippen LogP contribution in [0.3, 0.4) is 0 Å². The number of carboxylic acid groups (broad SMARTS) is 1. The van der Waals surface area contributed by atoms with Crippen LogP contribution in [-0.4, -0.2) is 60.2 Å². The standard InChI is InChI=1S/C16H24N2O3/c1-12(14-4-6-15(21-3)7-5-14)17-8-10-18(11-9-17)13(2)16(19)20/h4-7,12-13H,8-11H2,1-3H3,(H,19,20). The maximum Gasteiger partial charge on any atom is 0.320 e. The number of methoxy groups -OCH3 is 1. The highest BCUT2D eigenvalue weighted by Gasteiger charge is 2.27. The quantitative estimate of drug-likeness (QED) is 0.897. The lowest BCUT2D eigenvalue weighted by Gasteiger charge is -2.39. The minimum absolute atomic E-state index is 0.332. The Morgan fingerprint density at radius 1 is 1.10 bits per heavy atom. The fourth-order valence-electron chi connectivity index (χ4n) is 2.76. The molecule has 0 spiro atoms. The Labute approximate surface area is 126 Å². The summed E-state index contributed by atoms with van der Waals surface area (Å²) in [6.45, 7) is 7.33. The summed E-state index contributed by atoms with van der Waals surface area (Å²) in [6, 6.07) is 8.08. The molecule has 0 aromatic heterocycles. The van der Waals surface area contributed by atoms with E-state index in [2.05, 4.69) is 24.0 Å². The highest BCUT2D eigenvalue weighted by Crippen LogP contribution is 2.24. The number of nitrogens with zero attached hydrogens (tertiary/aromatic N) is 2. The van der Waals surface area contributed by atoms with E-state index in [0.29, 0.717) is 6.04 Å². The predicted octanol–water partition coefficient (Wildman–Crippen LogP) is 1.85. The number of piperazine rings is 1. The first-order chi connectivity index (χ1) is 10.0. The first-order valence-electron chi connectivity index (χ1n) is 7.37. The van der Waals surface area contributed by atoms with Gasteiger partial charge in [-0.25, -0.2) is 0 Å². The largest absolute Gasteiger partial charge is 0.497 e. The number of benzene rings is 1. The molecule has 1 saturated heterocycles. The summed E-state index contributed by atoms with van der Waals surface area (Å²) in [5.41, 5.74) is 1.26. The van der Waals surface area contributed by atoms with Crippen molar-refractivity contribution in [3.63, 3.8) is 0 Å². The highest BCUT2D eigenvalue weighted by atomic mass is 16.5. The molecule has 5 heteroatoms. The number of hydrogen-bond acceptors (Lipinski definition) is 4. The van der Waals surface area contributed by atoms with Crippen LogP contribution < -0.4 is 4.74 Å². The minimum Gasteiger partial charge on any atom is -0.497 e. The van der Waals surface area contributed by atoms with Crippen molar-refractivity contribution < 1.29 is 14.6 Å². The normalized spacial score (nSPS) is 20.0. The molecule has 1 fully saturated rings. The van der Waals surface area contributed by atoms with Crippen LogP contribution in [0.2, 0.25) is 0 Å². The van der Waals surface area contributed by atoms with Crippen molar-refractivity contribution in [2.75, 3.05) is 33.3 Å². The Morgan fingerprint density at radius 2 is 1.62 bits per heavy atom. The molecule has 5 nitrogen and oxygen atoms in total. The monoisotopic (exact) mass is 292 g/mol. The molecule has 1 aliphatic heterocycles. The van der Waals surface area contributed by atoms with Crippen molar-refractivity contribution >= 4 is 5.97 Å². The van der Waals surface area contributed by atoms with Gasteiger partial charge in [0.15, 0.2) is 0 Å². The summed E-state index contributed by atoms with van der Waals surface area (Å²) in [5, 5.41) is 9.07. The average Bonchev–Trinajstić information content (AvgIpc) is 2.53. The topological polar surface area (TPSA) is 53.0 Å². The first kappa shape index (κ1) is 15.8. The van der Waals surface area contributed by atoms with E-state index in [0.717, 1.165) is 31.9 Å². The summed E-state index contributed by atoms with van der Waals surface area (Å²) in [5.74, 6) is 0.123. The van der Waals surface area contributed by atoms with Gasteiger partial charge in [0.1, 0.15) is 11.8 Å². The molecule has 1 aromatic carbocycles. The van der Waals surface area contributed by atoms with Crippen molar-refractivity contribution in [3.05, 3.63) is 29.8 Å². The molecule has 116 valence electrons. The molecular weight excluding hydrogens is 268 g/mol. The third-order valence-corrected chi connectivity index (χ3v) is 4.40. The molecule has 2 unspecified atom stereocenters. The number of carboxylic acids is 1. The third-order valence-electron chi connectivity index (χ3n) is 4.40. The summed E-state index contributed by atoms with van der Waals surface area (Å²) in [4.78, 5) is 15.5. The Morgan fingerprint density at radius 3 is 2.10 bits per heavy atom. The minimum atomic E-state index is -0.744. The molecule has 2 rings (SSSR count). The second-order valence-corrected chi connectivity index (χ2v) is 5.54. The third kappa shape index (κ3) is 3.74. The number of aliphatic carboxylic acids is 1. The maximum atomic E-state index is 11.0. The second kappa shape index (κ2) is 6.91. The van der Waals surface area contributed by atoms with E-state index in [-0.39, 0.29) is 0 Å². The molecule has 0 saturated carbocycles. The van der Waals surface area contributed by atoms with E-state index in [1.54, 1.807) is 14.0 Å². The van der Waals surface area contributed by atoms with Gasteiger partial charge in [-0.1, -0.05) is 12.1 Å². The Bertz CT molecular complexity index is 467. The van der Waals surface area contributed by atoms with Crippen molar-refractivity contribution in [1.29, 1.82) is 0 Å². The number of hydrogen-bond donors (Lipinski definition) is 1. The Kier molecular flexibility index (Phi) is 5.20. The van der Waals surface area contributed by atoms with Gasteiger partial charge in [0, 0.05) is 32.2 Å². The summed E-state index contributed by atoms with van der Waals surface area (Å²) < 4.78 is 5.18. The summed E-state index contributed by atoms with van der Waals surface area (Å²) in [6.07, 6.45) is 0. The van der Waals surface area contributed by atoms with Crippen molar-refractivity contribution in [1.82, 2.24) is 9.80 Å². The molecule has 0 amide bonds. The summed E-state index contributed by atoms with van der Waals surface area (Å²) in [7, 11) is 1.67. The van der Waals surface area contributed by atoms with Crippen molar-refractivity contribution in [2.24, 2.45) is 0 Å². The van der Waals surface area contributed by atoms with Gasteiger partial charge >= 0.3 is 5.97 Å². The van der Waals surface area contributed by atoms with Crippen LogP contribution in [0.15, 0.2) is 24.3 Å². The van der Waals surface area contributed by atoms with E-state index < -0.39 is 12.0 Å². The van der Waals surface area contributed by atoms with Crippen LogP contribution in [0.1, 0.15) is 25.5 Å². The zero-order valence-electron chi connectivity index (χ0n) is 13.0. The van der Waals surface area contributed by atoms with Crippen LogP contribution in [0, 0.1) is 0 Å². The molecule has 0 bridgehead atoms. The second-order valence-electron chi connectivity index (χ2n) is 5.54. The van der Waals surface area contributed by atoms with Crippen LogP contribution in [0.25, 0.3) is 0 Å². The lowest BCUT2D eigenvalue weighted by Crippen LogP contribution is -2.52. The first-order valence-corrected chi connectivity index (χ1v) is 7.37. The van der Waals surface area contributed by atoms with Crippen LogP contribution in [0.4, 0.5) is 0 Å². The molecule has 1 heterocycles. The van der Waals surface area contributed by atoms with Gasteiger partial charge in [0.2, 0.25) is 0 Å². The highest BCUT2D eigenvalue weighted by molar-refractivity contribution is 5.72. The van der Waals surface area contributed by atoms with E-state index in [9.17, 15) is 4.79 Å². The zero-order chi connectivity index (χ0) is 15.4. The SMILES string of the molecule is COc1ccc(C(C)N2CCN(C(C)C(=O)O)CC2)cc1. The average molecular weight is 292 g/mol. The Balaban J connectivity index is 1.93. The van der Waals surface area contributed by atoms with Gasteiger partial charge in [-0.3, -0.25) is 14.6 Å². The molecule has 1 aliphatic rings. The molecule has 1 N–H and O–H groups in total. The molecule has 0 radical (unpaired) electrons. The molecule has 21 heavy (non-hydrogen) atoms. The molecular formula is C16H24N2O3. The molecule has 1 aromatic rings. The fraction of sp³-hybridized carbons (Fsp3) is 0.562. The molecule has 2 atom stereocenters. The number of carbonyl (C=O) groups is 1. The smallest absolute Gasteiger partial charge is 0.320 e. The lowest BCUT2D eigenvalue weighted by molar-refractivity contribution is -0.143. The predicted molar refractivity (Wildman–Crippen MR) is 81.7 cm³/mol. The van der Waals surface area contributed by atoms with E-state index in [4.69, 9.17) is 9.84 Å². The van der Waals surface area contributed by atoms with E-state index >= 15 is 0 Å². The van der Waals surface area contributed by atoms with E-state index in [1.807, 2.05) is 17.0 Å². The van der Waals surface area contributed by atoms with Gasteiger partial charge in [-0.2, -0.15) is 0 Å². The van der Waals surface area contributed by atoms with Gasteiger partial charge in [0.05, 0.1) is 7.11 Å². The maximum absolute atomic E-state index is 11.0. The molecule has 0 aliphatic carbocycles.